The molecule has 0 saturated heterocycles. The molecule has 3 aliphatic rings. The molecule has 22 heavy (non-hydrogen) atoms. The molecular weight excluding hydrogens is 282 g/mol. The Morgan fingerprint density at radius 3 is 2.41 bits per heavy atom. The van der Waals surface area contributed by atoms with Crippen molar-refractivity contribution >= 4 is 12.1 Å². The quantitative estimate of drug-likeness (QED) is 0.896. The van der Waals surface area contributed by atoms with Crippen LogP contribution in [-0.4, -0.2) is 22.7 Å². The number of rotatable bonds is 4. The van der Waals surface area contributed by atoms with E-state index < -0.39 is 17.6 Å². The van der Waals surface area contributed by atoms with Gasteiger partial charge in [-0.2, -0.15) is 0 Å². The SMILES string of the molecule is O=C(NC1(C(=O)O)CC2CCC1CC2)OCc1ccccc1. The third-order valence-electron chi connectivity index (χ3n) is 5.07. The summed E-state index contributed by atoms with van der Waals surface area (Å²) >= 11 is 0. The molecule has 1 aromatic rings. The Labute approximate surface area is 129 Å². The fraction of sp³-hybridized carbons (Fsp3) is 0.529. The number of hydrogen-bond acceptors (Lipinski definition) is 3. The van der Waals surface area contributed by atoms with Crippen LogP contribution in [0, 0.1) is 11.8 Å². The number of fused-ring (bicyclic) bond motifs is 3. The van der Waals surface area contributed by atoms with Crippen LogP contribution in [0.25, 0.3) is 0 Å². The lowest BCUT2D eigenvalue weighted by atomic mass is 9.60. The molecule has 3 fully saturated rings. The predicted molar refractivity (Wildman–Crippen MR) is 80.2 cm³/mol. The van der Waals surface area contributed by atoms with Crippen molar-refractivity contribution in [2.24, 2.45) is 11.8 Å². The number of amides is 1. The fourth-order valence-electron chi connectivity index (χ4n) is 3.89. The lowest BCUT2D eigenvalue weighted by Gasteiger charge is -2.48. The fourth-order valence-corrected chi connectivity index (χ4v) is 3.89. The van der Waals surface area contributed by atoms with Crippen molar-refractivity contribution in [1.29, 1.82) is 0 Å². The number of aliphatic carboxylic acids is 1. The molecule has 1 unspecified atom stereocenters. The summed E-state index contributed by atoms with van der Waals surface area (Å²) in [6.07, 6.45) is 3.76. The number of carbonyl (C=O) groups excluding carboxylic acids is 1. The van der Waals surface area contributed by atoms with Gasteiger partial charge < -0.3 is 15.2 Å². The van der Waals surface area contributed by atoms with E-state index in [1.54, 1.807) is 0 Å². The normalized spacial score (nSPS) is 29.8. The van der Waals surface area contributed by atoms with Gasteiger partial charge in [0.05, 0.1) is 0 Å². The van der Waals surface area contributed by atoms with E-state index in [-0.39, 0.29) is 12.5 Å². The number of carboxylic acids is 1. The number of carbonyl (C=O) groups is 2. The maximum Gasteiger partial charge on any atom is 0.408 e. The zero-order valence-electron chi connectivity index (χ0n) is 12.5. The van der Waals surface area contributed by atoms with Crippen LogP contribution in [0.2, 0.25) is 0 Å². The van der Waals surface area contributed by atoms with Crippen LogP contribution in [0.15, 0.2) is 30.3 Å². The van der Waals surface area contributed by atoms with Crippen LogP contribution >= 0.6 is 0 Å². The Kier molecular flexibility index (Phi) is 4.05. The highest BCUT2D eigenvalue weighted by atomic mass is 16.5. The summed E-state index contributed by atoms with van der Waals surface area (Å²) in [5, 5.41) is 12.3. The van der Waals surface area contributed by atoms with Gasteiger partial charge in [0.15, 0.2) is 0 Å². The number of hydrogen-bond donors (Lipinski definition) is 2. The van der Waals surface area contributed by atoms with Crippen molar-refractivity contribution in [2.45, 2.75) is 44.2 Å². The van der Waals surface area contributed by atoms with Gasteiger partial charge in [-0.15, -0.1) is 0 Å². The monoisotopic (exact) mass is 303 g/mol. The maximum atomic E-state index is 12.1. The van der Waals surface area contributed by atoms with E-state index in [0.717, 1.165) is 31.2 Å². The smallest absolute Gasteiger partial charge is 0.408 e. The van der Waals surface area contributed by atoms with Crippen molar-refractivity contribution in [1.82, 2.24) is 5.32 Å². The Morgan fingerprint density at radius 2 is 1.86 bits per heavy atom. The summed E-state index contributed by atoms with van der Waals surface area (Å²) in [4.78, 5) is 23.9. The zero-order valence-corrected chi connectivity index (χ0v) is 12.5. The van der Waals surface area contributed by atoms with Gasteiger partial charge in [-0.05, 0) is 49.5 Å². The van der Waals surface area contributed by atoms with Crippen LogP contribution in [0.4, 0.5) is 4.79 Å². The predicted octanol–water partition coefficient (Wildman–Crippen LogP) is 2.95. The summed E-state index contributed by atoms with van der Waals surface area (Å²) in [6, 6.07) is 9.36. The largest absolute Gasteiger partial charge is 0.479 e. The highest BCUT2D eigenvalue weighted by Crippen LogP contribution is 2.47. The lowest BCUT2D eigenvalue weighted by Crippen LogP contribution is -2.63. The Morgan fingerprint density at radius 1 is 1.18 bits per heavy atom. The summed E-state index contributed by atoms with van der Waals surface area (Å²) in [7, 11) is 0. The molecule has 1 atom stereocenters. The van der Waals surface area contributed by atoms with E-state index in [0.29, 0.717) is 12.3 Å². The zero-order chi connectivity index (χ0) is 15.6. The summed E-state index contributed by atoms with van der Waals surface area (Å²) in [5.41, 5.74) is -0.262. The average Bonchev–Trinajstić information content (AvgIpc) is 2.55. The van der Waals surface area contributed by atoms with Gasteiger partial charge in [0.25, 0.3) is 0 Å². The van der Waals surface area contributed by atoms with E-state index >= 15 is 0 Å². The Bertz CT molecular complexity index is 551. The van der Waals surface area contributed by atoms with Gasteiger partial charge >= 0.3 is 12.1 Å². The summed E-state index contributed by atoms with van der Waals surface area (Å²) in [5.74, 6) is -0.520. The molecule has 0 heterocycles. The van der Waals surface area contributed by atoms with Gasteiger partial charge in [-0.25, -0.2) is 9.59 Å². The second kappa shape index (κ2) is 5.99. The Balaban J connectivity index is 1.64. The molecule has 0 aliphatic heterocycles. The minimum absolute atomic E-state index is 0.0132. The first-order valence-corrected chi connectivity index (χ1v) is 7.82. The van der Waals surface area contributed by atoms with Gasteiger partial charge in [0, 0.05) is 0 Å². The van der Waals surface area contributed by atoms with Crippen LogP contribution in [0.1, 0.15) is 37.7 Å². The molecule has 5 heteroatoms. The maximum absolute atomic E-state index is 12.1. The van der Waals surface area contributed by atoms with Crippen molar-refractivity contribution in [3.63, 3.8) is 0 Å². The number of benzene rings is 1. The van der Waals surface area contributed by atoms with Crippen molar-refractivity contribution < 1.29 is 19.4 Å². The molecule has 118 valence electrons. The molecule has 0 radical (unpaired) electrons. The van der Waals surface area contributed by atoms with Gasteiger partial charge in [0.1, 0.15) is 12.1 Å². The van der Waals surface area contributed by atoms with Crippen LogP contribution < -0.4 is 5.32 Å². The van der Waals surface area contributed by atoms with Crippen LogP contribution in [0.3, 0.4) is 0 Å². The van der Waals surface area contributed by atoms with E-state index in [1.807, 2.05) is 30.3 Å². The first-order valence-electron chi connectivity index (χ1n) is 7.82. The second-order valence-electron chi connectivity index (χ2n) is 6.39. The van der Waals surface area contributed by atoms with Crippen LogP contribution in [-0.2, 0) is 16.1 Å². The van der Waals surface area contributed by atoms with E-state index in [1.165, 1.54) is 0 Å². The molecule has 1 amide bonds. The van der Waals surface area contributed by atoms with E-state index in [4.69, 9.17) is 4.74 Å². The highest BCUT2D eigenvalue weighted by molar-refractivity contribution is 5.85. The summed E-state index contributed by atoms with van der Waals surface area (Å²) < 4.78 is 5.20. The molecule has 3 aliphatic carbocycles. The van der Waals surface area contributed by atoms with Crippen molar-refractivity contribution in [2.75, 3.05) is 0 Å². The molecule has 0 spiro atoms. The van der Waals surface area contributed by atoms with Crippen LogP contribution in [0.5, 0.6) is 0 Å². The van der Waals surface area contributed by atoms with E-state index in [2.05, 4.69) is 5.32 Å². The minimum atomic E-state index is -1.14. The number of ether oxygens (including phenoxy) is 1. The first-order chi connectivity index (χ1) is 10.6. The highest BCUT2D eigenvalue weighted by Gasteiger charge is 2.53. The topological polar surface area (TPSA) is 75.6 Å². The molecular formula is C17H21NO4. The van der Waals surface area contributed by atoms with E-state index in [9.17, 15) is 14.7 Å². The lowest BCUT2D eigenvalue weighted by molar-refractivity contribution is -0.152. The number of carboxylic acid groups (broad SMARTS) is 1. The minimum Gasteiger partial charge on any atom is -0.479 e. The van der Waals surface area contributed by atoms with Crippen molar-refractivity contribution in [3.05, 3.63) is 35.9 Å². The standard InChI is InChI=1S/C17H21NO4/c19-15(20)17(10-12-6-8-14(17)9-7-12)18-16(21)22-11-13-4-2-1-3-5-13/h1-5,12,14H,6-11H2,(H,18,21)(H,19,20). The molecule has 1 aromatic carbocycles. The molecule has 5 nitrogen and oxygen atoms in total. The first kappa shape index (κ1) is 14.9. The van der Waals surface area contributed by atoms with Gasteiger partial charge in [-0.1, -0.05) is 30.3 Å². The molecule has 2 bridgehead atoms. The molecule has 4 rings (SSSR count). The van der Waals surface area contributed by atoms with Crippen molar-refractivity contribution in [3.8, 4) is 0 Å². The molecule has 0 aromatic heterocycles. The van der Waals surface area contributed by atoms with Gasteiger partial charge in [0.2, 0.25) is 0 Å². The summed E-state index contributed by atoms with van der Waals surface area (Å²) in [6.45, 7) is 0.149. The molecule has 3 saturated carbocycles. The average molecular weight is 303 g/mol. The van der Waals surface area contributed by atoms with Gasteiger partial charge in [-0.3, -0.25) is 0 Å². The second-order valence-corrected chi connectivity index (χ2v) is 6.39. The third-order valence-corrected chi connectivity index (χ3v) is 5.07. The third kappa shape index (κ3) is 2.80. The number of nitrogens with one attached hydrogen (secondary N) is 1. The Hall–Kier alpha value is -2.04. The number of alkyl carbamates (subject to hydrolysis) is 1. The molecule has 2 N–H and O–H groups in total.